The second-order valence-electron chi connectivity index (χ2n) is 7.52. The Morgan fingerprint density at radius 3 is 2.15 bits per heavy atom. The van der Waals surface area contributed by atoms with E-state index in [4.69, 9.17) is 0 Å². The van der Waals surface area contributed by atoms with Crippen molar-refractivity contribution < 1.29 is 9.59 Å². The van der Waals surface area contributed by atoms with Crippen LogP contribution in [0.3, 0.4) is 0 Å². The highest BCUT2D eigenvalue weighted by atomic mass is 16.2. The number of nitrogens with zero attached hydrogens (tertiary/aromatic N) is 2. The highest BCUT2D eigenvalue weighted by Gasteiger charge is 2.22. The Morgan fingerprint density at radius 2 is 1.62 bits per heavy atom. The summed E-state index contributed by atoms with van der Waals surface area (Å²) in [6, 6.07) is 8.31. The number of anilines is 1. The summed E-state index contributed by atoms with van der Waals surface area (Å²) in [6.45, 7) is 11.9. The van der Waals surface area contributed by atoms with Crippen LogP contribution in [-0.4, -0.2) is 66.9 Å². The second-order valence-corrected chi connectivity index (χ2v) is 7.52. The van der Waals surface area contributed by atoms with Crippen LogP contribution >= 0.6 is 0 Å². The van der Waals surface area contributed by atoms with E-state index in [1.807, 2.05) is 30.9 Å². The van der Waals surface area contributed by atoms with Crippen LogP contribution in [0, 0.1) is 0 Å². The number of hydrogen-bond donors (Lipinski definition) is 2. The second kappa shape index (κ2) is 9.69. The van der Waals surface area contributed by atoms with Crippen molar-refractivity contribution in [1.29, 1.82) is 0 Å². The molecule has 2 amide bonds. The van der Waals surface area contributed by atoms with Gasteiger partial charge in [0.2, 0.25) is 11.8 Å². The van der Waals surface area contributed by atoms with Gasteiger partial charge in [0.25, 0.3) is 0 Å². The van der Waals surface area contributed by atoms with Gasteiger partial charge in [0, 0.05) is 37.9 Å². The SMILES string of the molecule is CC(C)NCC(=O)N1CCN(CC(=O)Nc2ccc(C(C)C)cc2)CC1. The minimum atomic E-state index is -0.0106. The zero-order valence-corrected chi connectivity index (χ0v) is 16.4. The molecule has 0 radical (unpaired) electrons. The lowest BCUT2D eigenvalue weighted by Crippen LogP contribution is -2.52. The fraction of sp³-hybridized carbons (Fsp3) is 0.600. The average Bonchev–Trinajstić information content (AvgIpc) is 2.60. The fourth-order valence-corrected chi connectivity index (χ4v) is 2.91. The van der Waals surface area contributed by atoms with Crippen LogP contribution in [0.2, 0.25) is 0 Å². The Kier molecular flexibility index (Phi) is 7.60. The Bertz CT molecular complexity index is 590. The lowest BCUT2D eigenvalue weighted by atomic mass is 10.0. The molecule has 0 aromatic heterocycles. The van der Waals surface area contributed by atoms with E-state index in [9.17, 15) is 9.59 Å². The maximum atomic E-state index is 12.2. The van der Waals surface area contributed by atoms with E-state index in [1.165, 1.54) is 5.56 Å². The first-order valence-corrected chi connectivity index (χ1v) is 9.48. The monoisotopic (exact) mass is 360 g/mol. The standard InChI is InChI=1S/C20H32N4O2/c1-15(2)17-5-7-18(8-6-17)22-19(25)14-23-9-11-24(12-10-23)20(26)13-21-16(3)4/h5-8,15-16,21H,9-14H2,1-4H3,(H,22,25). The van der Waals surface area contributed by atoms with Crippen LogP contribution in [0.25, 0.3) is 0 Å². The van der Waals surface area contributed by atoms with Gasteiger partial charge in [0.15, 0.2) is 0 Å². The molecule has 0 atom stereocenters. The number of hydrogen-bond acceptors (Lipinski definition) is 4. The third-order valence-corrected chi connectivity index (χ3v) is 4.61. The van der Waals surface area contributed by atoms with Gasteiger partial charge >= 0.3 is 0 Å². The largest absolute Gasteiger partial charge is 0.339 e. The molecule has 1 aromatic carbocycles. The van der Waals surface area contributed by atoms with Gasteiger partial charge < -0.3 is 15.5 Å². The van der Waals surface area contributed by atoms with Crippen molar-refractivity contribution >= 4 is 17.5 Å². The molecule has 1 aliphatic heterocycles. The molecule has 1 heterocycles. The van der Waals surface area contributed by atoms with E-state index in [0.717, 1.165) is 18.8 Å². The summed E-state index contributed by atoms with van der Waals surface area (Å²) in [5.74, 6) is 0.603. The molecule has 2 N–H and O–H groups in total. The van der Waals surface area contributed by atoms with E-state index in [2.05, 4.69) is 41.5 Å². The van der Waals surface area contributed by atoms with E-state index in [0.29, 0.717) is 38.1 Å². The van der Waals surface area contributed by atoms with E-state index < -0.39 is 0 Å². The Labute approximate surface area is 156 Å². The summed E-state index contributed by atoms with van der Waals surface area (Å²) in [5.41, 5.74) is 2.09. The number of amides is 2. The van der Waals surface area contributed by atoms with Gasteiger partial charge in [-0.05, 0) is 23.6 Å². The first-order chi connectivity index (χ1) is 12.3. The Morgan fingerprint density at radius 1 is 1.00 bits per heavy atom. The molecule has 1 saturated heterocycles. The van der Waals surface area contributed by atoms with Crippen molar-refractivity contribution in [2.75, 3.05) is 44.6 Å². The van der Waals surface area contributed by atoms with Crippen LogP contribution in [0.4, 0.5) is 5.69 Å². The van der Waals surface area contributed by atoms with Crippen LogP contribution in [-0.2, 0) is 9.59 Å². The molecule has 2 rings (SSSR count). The lowest BCUT2D eigenvalue weighted by Gasteiger charge is -2.34. The maximum absolute atomic E-state index is 12.2. The molecule has 0 unspecified atom stereocenters. The third kappa shape index (κ3) is 6.42. The zero-order chi connectivity index (χ0) is 19.1. The van der Waals surface area contributed by atoms with Gasteiger partial charge in [-0.15, -0.1) is 0 Å². The topological polar surface area (TPSA) is 64.7 Å². The van der Waals surface area contributed by atoms with Gasteiger partial charge in [-0.1, -0.05) is 39.8 Å². The van der Waals surface area contributed by atoms with Crippen molar-refractivity contribution in [3.05, 3.63) is 29.8 Å². The van der Waals surface area contributed by atoms with Gasteiger partial charge in [-0.25, -0.2) is 0 Å². The molecule has 6 heteroatoms. The maximum Gasteiger partial charge on any atom is 0.238 e. The van der Waals surface area contributed by atoms with Crippen molar-refractivity contribution in [2.24, 2.45) is 0 Å². The van der Waals surface area contributed by atoms with Crippen molar-refractivity contribution in [3.63, 3.8) is 0 Å². The molecule has 144 valence electrons. The Hall–Kier alpha value is -1.92. The predicted octanol–water partition coefficient (Wildman–Crippen LogP) is 1.89. The highest BCUT2D eigenvalue weighted by molar-refractivity contribution is 5.92. The number of nitrogens with one attached hydrogen (secondary N) is 2. The van der Waals surface area contributed by atoms with Gasteiger partial charge in [0.05, 0.1) is 13.1 Å². The van der Waals surface area contributed by atoms with E-state index >= 15 is 0 Å². The number of carbonyl (C=O) groups excluding carboxylic acids is 2. The highest BCUT2D eigenvalue weighted by Crippen LogP contribution is 2.17. The average molecular weight is 361 g/mol. The predicted molar refractivity (Wildman–Crippen MR) is 105 cm³/mol. The summed E-state index contributed by atoms with van der Waals surface area (Å²) in [5, 5.41) is 6.11. The normalized spacial score (nSPS) is 15.5. The molecule has 0 bridgehead atoms. The molecule has 6 nitrogen and oxygen atoms in total. The smallest absolute Gasteiger partial charge is 0.238 e. The number of benzene rings is 1. The molecule has 1 aromatic rings. The van der Waals surface area contributed by atoms with Crippen molar-refractivity contribution in [3.8, 4) is 0 Å². The molecule has 0 aliphatic carbocycles. The van der Waals surface area contributed by atoms with Crippen LogP contribution < -0.4 is 10.6 Å². The van der Waals surface area contributed by atoms with E-state index in [1.54, 1.807) is 0 Å². The van der Waals surface area contributed by atoms with Gasteiger partial charge in [-0.2, -0.15) is 0 Å². The van der Waals surface area contributed by atoms with Crippen molar-refractivity contribution in [1.82, 2.24) is 15.1 Å². The van der Waals surface area contributed by atoms with Crippen LogP contribution in [0.5, 0.6) is 0 Å². The third-order valence-electron chi connectivity index (χ3n) is 4.61. The van der Waals surface area contributed by atoms with Gasteiger partial charge in [0.1, 0.15) is 0 Å². The van der Waals surface area contributed by atoms with Gasteiger partial charge in [-0.3, -0.25) is 14.5 Å². The number of piperazine rings is 1. The van der Waals surface area contributed by atoms with Crippen LogP contribution in [0.1, 0.15) is 39.2 Å². The summed E-state index contributed by atoms with van der Waals surface area (Å²) in [4.78, 5) is 28.3. The quantitative estimate of drug-likeness (QED) is 0.779. The molecule has 1 aliphatic rings. The molecular weight excluding hydrogens is 328 g/mol. The minimum absolute atomic E-state index is 0.0106. The summed E-state index contributed by atoms with van der Waals surface area (Å²) >= 11 is 0. The fourth-order valence-electron chi connectivity index (χ4n) is 2.91. The summed E-state index contributed by atoms with van der Waals surface area (Å²) in [6.07, 6.45) is 0. The number of rotatable bonds is 7. The number of carbonyl (C=O) groups is 2. The first kappa shape index (κ1) is 20.4. The lowest BCUT2D eigenvalue weighted by molar-refractivity contribution is -0.132. The van der Waals surface area contributed by atoms with Crippen molar-refractivity contribution in [2.45, 2.75) is 39.7 Å². The molecule has 26 heavy (non-hydrogen) atoms. The summed E-state index contributed by atoms with van der Waals surface area (Å²) < 4.78 is 0. The Balaban J connectivity index is 1.73. The minimum Gasteiger partial charge on any atom is -0.339 e. The van der Waals surface area contributed by atoms with Crippen LogP contribution in [0.15, 0.2) is 24.3 Å². The molecule has 0 spiro atoms. The molecule has 0 saturated carbocycles. The summed E-state index contributed by atoms with van der Waals surface area (Å²) in [7, 11) is 0. The molecule has 1 fully saturated rings. The van der Waals surface area contributed by atoms with E-state index in [-0.39, 0.29) is 11.8 Å². The zero-order valence-electron chi connectivity index (χ0n) is 16.4. The molecular formula is C20H32N4O2. The first-order valence-electron chi connectivity index (χ1n) is 9.48.